The number of hydrogen-bond donors (Lipinski definition) is 3. The number of anilines is 2. The van der Waals surface area contributed by atoms with E-state index in [4.69, 9.17) is 25.6 Å². The summed E-state index contributed by atoms with van der Waals surface area (Å²) in [5, 5.41) is 7.73. The van der Waals surface area contributed by atoms with Crippen LogP contribution >= 0.6 is 0 Å². The second-order valence-corrected chi connectivity index (χ2v) is 9.19. The molecule has 4 rings (SSSR count). The second kappa shape index (κ2) is 11.8. The number of aryl methyl sites for hydroxylation is 1. The van der Waals surface area contributed by atoms with Crippen LogP contribution in [0.2, 0.25) is 0 Å². The number of aromatic amines is 1. The molecule has 8 heteroatoms. The van der Waals surface area contributed by atoms with Gasteiger partial charge in [-0.25, -0.2) is 9.37 Å². The first-order valence-corrected chi connectivity index (χ1v) is 12.8. The maximum absolute atomic E-state index is 15.9. The van der Waals surface area contributed by atoms with E-state index in [1.54, 1.807) is 41.3 Å². The number of H-pyrrole nitrogens is 1. The number of aromatic nitrogens is 2. The lowest BCUT2D eigenvalue weighted by molar-refractivity contribution is 0.229. The number of nitrogens with two attached hydrogens (primary N) is 1. The average Bonchev–Trinajstić information content (AvgIpc) is 3.38. The third-order valence-electron chi connectivity index (χ3n) is 6.02. The van der Waals surface area contributed by atoms with E-state index in [1.165, 1.54) is 5.56 Å². The summed E-state index contributed by atoms with van der Waals surface area (Å²) in [5.74, 6) is 0.736. The molecule has 0 bridgehead atoms. The molecule has 1 heterocycles. The molecule has 0 aliphatic rings. The van der Waals surface area contributed by atoms with Gasteiger partial charge in [-0.05, 0) is 63.1 Å². The molecule has 0 spiro atoms. The number of rotatable bonds is 11. The van der Waals surface area contributed by atoms with Gasteiger partial charge in [0.2, 0.25) is 0 Å². The van der Waals surface area contributed by atoms with Crippen molar-refractivity contribution >= 4 is 17.2 Å². The van der Waals surface area contributed by atoms with Gasteiger partial charge in [0.15, 0.2) is 11.6 Å². The minimum atomic E-state index is -0.500. The smallest absolute Gasteiger partial charge is 0.188 e. The predicted octanol–water partition coefficient (Wildman–Crippen LogP) is 6.59. The highest BCUT2D eigenvalue weighted by atomic mass is 19.1. The fourth-order valence-corrected chi connectivity index (χ4v) is 4.17. The van der Waals surface area contributed by atoms with E-state index in [1.807, 2.05) is 39.1 Å². The van der Waals surface area contributed by atoms with Gasteiger partial charge in [-0.2, -0.15) is 0 Å². The highest BCUT2D eigenvalue weighted by molar-refractivity contribution is 5.95. The molecule has 38 heavy (non-hydrogen) atoms. The summed E-state index contributed by atoms with van der Waals surface area (Å²) in [5.41, 5.74) is 10.3. The summed E-state index contributed by atoms with van der Waals surface area (Å²) in [6, 6.07) is 18.6. The van der Waals surface area contributed by atoms with E-state index in [0.717, 1.165) is 17.7 Å². The average molecular weight is 516 g/mol. The third-order valence-corrected chi connectivity index (χ3v) is 6.02. The maximum atomic E-state index is 15.9. The number of nitrogens with one attached hydrogen (secondary N) is 2. The molecule has 4 aromatic rings. The van der Waals surface area contributed by atoms with Gasteiger partial charge in [0.1, 0.15) is 17.4 Å². The minimum absolute atomic E-state index is 0.0368. The molecule has 0 radical (unpaired) electrons. The number of ether oxygens (including phenoxy) is 2. The Labute approximate surface area is 222 Å². The van der Waals surface area contributed by atoms with Crippen molar-refractivity contribution < 1.29 is 13.9 Å². The van der Waals surface area contributed by atoms with Crippen LogP contribution in [0.15, 0.2) is 66.9 Å². The van der Waals surface area contributed by atoms with Gasteiger partial charge in [0.05, 0.1) is 30.6 Å². The second-order valence-electron chi connectivity index (χ2n) is 9.19. The molecule has 0 amide bonds. The highest BCUT2D eigenvalue weighted by Gasteiger charge is 2.22. The molecule has 3 aromatic carbocycles. The molecule has 0 saturated carbocycles. The van der Waals surface area contributed by atoms with Crippen molar-refractivity contribution in [1.29, 1.82) is 5.41 Å². The number of hydrogen-bond acceptors (Lipinski definition) is 5. The Hall–Kier alpha value is -4.33. The van der Waals surface area contributed by atoms with Crippen LogP contribution in [0.5, 0.6) is 11.5 Å². The zero-order valence-corrected chi connectivity index (χ0v) is 22.2. The van der Waals surface area contributed by atoms with Crippen molar-refractivity contribution in [2.75, 3.05) is 11.5 Å². The molecule has 0 saturated heterocycles. The van der Waals surface area contributed by atoms with Crippen molar-refractivity contribution in [3.63, 3.8) is 0 Å². The Morgan fingerprint density at radius 3 is 2.53 bits per heavy atom. The van der Waals surface area contributed by atoms with E-state index < -0.39 is 5.82 Å². The summed E-state index contributed by atoms with van der Waals surface area (Å²) < 4.78 is 27.5. The van der Waals surface area contributed by atoms with Crippen molar-refractivity contribution in [1.82, 2.24) is 9.97 Å². The van der Waals surface area contributed by atoms with E-state index in [0.29, 0.717) is 29.4 Å². The number of nitrogens with zero attached hydrogens (tertiary/aromatic N) is 2. The van der Waals surface area contributed by atoms with E-state index >= 15 is 4.39 Å². The molecule has 198 valence electrons. The topological polar surface area (TPSA) is 100 Å². The van der Waals surface area contributed by atoms with Crippen LogP contribution in [-0.4, -0.2) is 28.5 Å². The van der Waals surface area contributed by atoms with Crippen molar-refractivity contribution in [3.8, 4) is 22.8 Å². The first-order valence-electron chi connectivity index (χ1n) is 12.8. The third kappa shape index (κ3) is 6.14. The van der Waals surface area contributed by atoms with E-state index in [2.05, 4.69) is 24.0 Å². The van der Waals surface area contributed by atoms with Crippen LogP contribution in [-0.2, 0) is 13.0 Å². The zero-order valence-electron chi connectivity index (χ0n) is 22.2. The lowest BCUT2D eigenvalue weighted by atomic mass is 10.1. The van der Waals surface area contributed by atoms with Gasteiger partial charge in [0, 0.05) is 35.1 Å². The Morgan fingerprint density at radius 1 is 1.11 bits per heavy atom. The molecule has 0 aliphatic carbocycles. The molecular weight excluding hydrogens is 481 g/mol. The van der Waals surface area contributed by atoms with Crippen LogP contribution in [0.1, 0.15) is 44.6 Å². The maximum Gasteiger partial charge on any atom is 0.188 e. The fraction of sp³-hybridized carbons (Fsp3) is 0.267. The normalized spacial score (nSPS) is 11.0. The largest absolute Gasteiger partial charge is 0.494 e. The van der Waals surface area contributed by atoms with Crippen LogP contribution in [0.25, 0.3) is 11.3 Å². The highest BCUT2D eigenvalue weighted by Crippen LogP contribution is 2.38. The fourth-order valence-electron chi connectivity index (χ4n) is 4.17. The molecule has 7 nitrogen and oxygen atoms in total. The first-order chi connectivity index (χ1) is 18.3. The Kier molecular flexibility index (Phi) is 8.31. The molecule has 0 aliphatic heterocycles. The van der Waals surface area contributed by atoms with Gasteiger partial charge < -0.3 is 25.1 Å². The first kappa shape index (κ1) is 26.7. The van der Waals surface area contributed by atoms with Gasteiger partial charge in [-0.1, -0.05) is 25.1 Å². The van der Waals surface area contributed by atoms with Gasteiger partial charge >= 0.3 is 0 Å². The van der Waals surface area contributed by atoms with Gasteiger partial charge in [0.25, 0.3) is 0 Å². The molecule has 1 aromatic heterocycles. The number of imidazole rings is 1. The SMILES string of the molecule is CCOc1cc(OC(C)C)c(F)c(N(Cc2nc(-c3cccc(CC)c3)c[nH]2)c2ccc(C(=N)N)cc2)c1. The van der Waals surface area contributed by atoms with Crippen molar-refractivity contribution in [3.05, 3.63) is 89.6 Å². The summed E-state index contributed by atoms with van der Waals surface area (Å²) in [6.07, 6.45) is 2.58. The predicted molar refractivity (Wildman–Crippen MR) is 150 cm³/mol. The van der Waals surface area contributed by atoms with Crippen LogP contribution in [0.3, 0.4) is 0 Å². The summed E-state index contributed by atoms with van der Waals surface area (Å²) >= 11 is 0. The van der Waals surface area contributed by atoms with Crippen LogP contribution < -0.4 is 20.1 Å². The summed E-state index contributed by atoms with van der Waals surface area (Å²) in [7, 11) is 0. The van der Waals surface area contributed by atoms with Crippen molar-refractivity contribution in [2.45, 2.75) is 46.8 Å². The minimum Gasteiger partial charge on any atom is -0.494 e. The zero-order chi connectivity index (χ0) is 27.2. The van der Waals surface area contributed by atoms with Crippen molar-refractivity contribution in [2.24, 2.45) is 5.73 Å². The molecule has 0 atom stereocenters. The Morgan fingerprint density at radius 2 is 1.87 bits per heavy atom. The molecule has 4 N–H and O–H groups in total. The standard InChI is InChI=1S/C30H34FN5O2/c1-5-20-8-7-9-22(14-20)25-17-34-28(35-25)18-36(23-12-10-21(11-13-23)30(32)33)26-15-24(37-6-2)16-27(29(26)31)38-19(3)4/h7-17,19H,5-6,18H2,1-4H3,(H3,32,33)(H,34,35). The Bertz CT molecular complexity index is 1400. The molecule has 0 unspecified atom stereocenters. The summed E-state index contributed by atoms with van der Waals surface area (Å²) in [4.78, 5) is 9.88. The number of amidine groups is 1. The van der Waals surface area contributed by atoms with E-state index in [-0.39, 0.29) is 29.9 Å². The number of benzene rings is 3. The number of nitrogen functional groups attached to an aromatic ring is 1. The van der Waals surface area contributed by atoms with Gasteiger partial charge in [-0.15, -0.1) is 0 Å². The van der Waals surface area contributed by atoms with Crippen LogP contribution in [0, 0.1) is 11.2 Å². The molecule has 0 fully saturated rings. The molecular formula is C30H34FN5O2. The van der Waals surface area contributed by atoms with E-state index in [9.17, 15) is 0 Å². The lowest BCUT2D eigenvalue weighted by Crippen LogP contribution is -2.20. The van der Waals surface area contributed by atoms with Crippen LogP contribution in [0.4, 0.5) is 15.8 Å². The quantitative estimate of drug-likeness (QED) is 0.155. The number of halogens is 1. The summed E-state index contributed by atoms with van der Waals surface area (Å²) in [6.45, 7) is 8.37. The monoisotopic (exact) mass is 515 g/mol. The lowest BCUT2D eigenvalue weighted by Gasteiger charge is -2.26. The Balaban J connectivity index is 1.78. The van der Waals surface area contributed by atoms with Gasteiger partial charge in [-0.3, -0.25) is 5.41 Å².